The van der Waals surface area contributed by atoms with Crippen molar-refractivity contribution in [3.63, 3.8) is 0 Å². The van der Waals surface area contributed by atoms with Crippen molar-refractivity contribution in [2.75, 3.05) is 18.1 Å². The Hall–Kier alpha value is -4.53. The Labute approximate surface area is 207 Å². The molecule has 0 N–H and O–H groups in total. The summed E-state index contributed by atoms with van der Waals surface area (Å²) in [6, 6.07) is 17.6. The van der Waals surface area contributed by atoms with Gasteiger partial charge in [-0.2, -0.15) is 0 Å². The van der Waals surface area contributed by atoms with E-state index in [9.17, 15) is 24.5 Å². The molecule has 9 heteroatoms. The van der Waals surface area contributed by atoms with E-state index in [-0.39, 0.29) is 30.3 Å². The van der Waals surface area contributed by atoms with Crippen LogP contribution in [0.5, 0.6) is 11.5 Å². The maximum absolute atomic E-state index is 12.6. The van der Waals surface area contributed by atoms with Crippen LogP contribution >= 0.6 is 0 Å². The molecule has 0 radical (unpaired) electrons. The molecule has 1 saturated heterocycles. The summed E-state index contributed by atoms with van der Waals surface area (Å²) >= 11 is 0. The monoisotopic (exact) mass is 488 g/mol. The third-order valence-corrected chi connectivity index (χ3v) is 5.91. The Kier molecular flexibility index (Phi) is 7.10. The topological polar surface area (TPSA) is 116 Å². The molecule has 1 fully saturated rings. The second-order valence-electron chi connectivity index (χ2n) is 8.60. The molecule has 36 heavy (non-hydrogen) atoms. The van der Waals surface area contributed by atoms with E-state index in [1.165, 1.54) is 36.4 Å². The van der Waals surface area contributed by atoms with Gasteiger partial charge in [-0.05, 0) is 61.9 Å². The Bertz CT molecular complexity index is 1320. The summed E-state index contributed by atoms with van der Waals surface area (Å²) in [7, 11) is 0. The highest BCUT2D eigenvalue weighted by Crippen LogP contribution is 2.29. The zero-order chi connectivity index (χ0) is 25.8. The largest absolute Gasteiger partial charge is 0.457 e. The van der Waals surface area contributed by atoms with Crippen LogP contribution in [0.25, 0.3) is 0 Å². The van der Waals surface area contributed by atoms with Gasteiger partial charge < -0.3 is 14.4 Å². The number of hydrogen-bond donors (Lipinski definition) is 0. The van der Waals surface area contributed by atoms with Crippen LogP contribution in [0.4, 0.5) is 11.4 Å². The quantitative estimate of drug-likeness (QED) is 0.194. The van der Waals surface area contributed by atoms with Crippen molar-refractivity contribution in [2.24, 2.45) is 5.92 Å². The van der Waals surface area contributed by atoms with Gasteiger partial charge in [-0.15, -0.1) is 0 Å². The molecule has 0 bridgehead atoms. The minimum Gasteiger partial charge on any atom is -0.457 e. The van der Waals surface area contributed by atoms with Crippen molar-refractivity contribution in [3.05, 3.63) is 93.5 Å². The highest BCUT2D eigenvalue weighted by atomic mass is 16.6. The number of hydrogen-bond acceptors (Lipinski definition) is 7. The highest BCUT2D eigenvalue weighted by molar-refractivity contribution is 6.01. The molecule has 0 saturated carbocycles. The molecule has 184 valence electrons. The van der Waals surface area contributed by atoms with Crippen molar-refractivity contribution in [3.8, 4) is 11.5 Å². The molecule has 1 amide bonds. The lowest BCUT2D eigenvalue weighted by molar-refractivity contribution is -0.384. The number of nitro groups is 1. The van der Waals surface area contributed by atoms with Gasteiger partial charge in [-0.1, -0.05) is 17.7 Å². The van der Waals surface area contributed by atoms with Crippen molar-refractivity contribution in [2.45, 2.75) is 20.3 Å². The van der Waals surface area contributed by atoms with E-state index in [2.05, 4.69) is 0 Å². The van der Waals surface area contributed by atoms with E-state index in [0.29, 0.717) is 17.1 Å². The summed E-state index contributed by atoms with van der Waals surface area (Å²) in [5.74, 6) is -0.909. The van der Waals surface area contributed by atoms with Crippen molar-refractivity contribution in [1.29, 1.82) is 0 Å². The normalized spacial score (nSPS) is 15.0. The standard InChI is InChI=1S/C27H24N2O7/c1-17-3-12-24(18(2)13-17)28-15-20(14-26(28)31)27(32)35-16-25(30)19-4-8-22(9-5-19)36-23-10-6-21(7-11-23)29(33)34/h3-13,20H,14-16H2,1-2H3/t20-/m1/s1. The van der Waals surface area contributed by atoms with Crippen LogP contribution in [-0.4, -0.2) is 35.7 Å². The van der Waals surface area contributed by atoms with Gasteiger partial charge in [-0.3, -0.25) is 24.5 Å². The number of ketones is 1. The number of ether oxygens (including phenoxy) is 2. The second-order valence-corrected chi connectivity index (χ2v) is 8.60. The number of carbonyl (C=O) groups is 3. The first-order valence-corrected chi connectivity index (χ1v) is 11.3. The SMILES string of the molecule is Cc1ccc(N2C[C@H](C(=O)OCC(=O)c3ccc(Oc4ccc([N+](=O)[O-])cc4)cc3)CC2=O)c(C)c1. The fraction of sp³-hybridized carbons (Fsp3) is 0.222. The van der Waals surface area contributed by atoms with E-state index in [1.807, 2.05) is 32.0 Å². The molecule has 0 unspecified atom stereocenters. The van der Waals surface area contributed by atoms with Crippen LogP contribution in [0.1, 0.15) is 27.9 Å². The molecular weight excluding hydrogens is 464 g/mol. The number of non-ortho nitro benzene ring substituents is 1. The predicted molar refractivity (Wildman–Crippen MR) is 131 cm³/mol. The van der Waals surface area contributed by atoms with Gasteiger partial charge in [0.25, 0.3) is 5.69 Å². The zero-order valence-electron chi connectivity index (χ0n) is 19.8. The number of aryl methyl sites for hydroxylation is 2. The van der Waals surface area contributed by atoms with Gasteiger partial charge >= 0.3 is 5.97 Å². The summed E-state index contributed by atoms with van der Waals surface area (Å²) < 4.78 is 10.9. The Balaban J connectivity index is 1.30. The Morgan fingerprint density at radius 2 is 1.64 bits per heavy atom. The maximum Gasteiger partial charge on any atom is 0.311 e. The molecule has 3 aromatic carbocycles. The number of benzene rings is 3. The number of amides is 1. The number of carbonyl (C=O) groups excluding carboxylic acids is 3. The van der Waals surface area contributed by atoms with Gasteiger partial charge in [-0.25, -0.2) is 0 Å². The number of rotatable bonds is 8. The van der Waals surface area contributed by atoms with Gasteiger partial charge in [0.15, 0.2) is 12.4 Å². The molecule has 0 aromatic heterocycles. The molecule has 3 aromatic rings. The third kappa shape index (κ3) is 5.57. The Morgan fingerprint density at radius 1 is 1.00 bits per heavy atom. The third-order valence-electron chi connectivity index (χ3n) is 5.91. The molecule has 4 rings (SSSR count). The highest BCUT2D eigenvalue weighted by Gasteiger charge is 2.36. The van der Waals surface area contributed by atoms with E-state index in [4.69, 9.17) is 9.47 Å². The van der Waals surface area contributed by atoms with Crippen LogP contribution in [-0.2, 0) is 14.3 Å². The predicted octanol–water partition coefficient (Wildman–Crippen LogP) is 4.78. The van der Waals surface area contributed by atoms with Crippen molar-refractivity contribution < 1.29 is 28.8 Å². The number of Topliss-reactive ketones (excluding diaryl/α,β-unsaturated/α-hetero) is 1. The molecule has 0 spiro atoms. The van der Waals surface area contributed by atoms with E-state index in [1.54, 1.807) is 17.0 Å². The average Bonchev–Trinajstić information content (AvgIpc) is 3.24. The van der Waals surface area contributed by atoms with Gasteiger partial charge in [0, 0.05) is 36.3 Å². The summed E-state index contributed by atoms with van der Waals surface area (Å²) in [4.78, 5) is 49.4. The first-order chi connectivity index (χ1) is 17.2. The first kappa shape index (κ1) is 24.6. The van der Waals surface area contributed by atoms with E-state index < -0.39 is 23.4 Å². The molecule has 9 nitrogen and oxygen atoms in total. The molecule has 1 aliphatic heterocycles. The minimum atomic E-state index is -0.636. The Morgan fingerprint density at radius 3 is 2.25 bits per heavy atom. The molecular formula is C27H24N2O7. The number of nitrogens with zero attached hydrogens (tertiary/aromatic N) is 2. The summed E-state index contributed by atoms with van der Waals surface area (Å²) in [6.45, 7) is 3.67. The van der Waals surface area contributed by atoms with Gasteiger partial charge in [0.1, 0.15) is 11.5 Å². The average molecular weight is 488 g/mol. The molecule has 1 heterocycles. The lowest BCUT2D eigenvalue weighted by Gasteiger charge is -2.19. The van der Waals surface area contributed by atoms with Gasteiger partial charge in [0.2, 0.25) is 5.91 Å². The molecule has 0 aliphatic carbocycles. The molecule has 1 aliphatic rings. The number of nitro benzene ring substituents is 1. The first-order valence-electron chi connectivity index (χ1n) is 11.3. The van der Waals surface area contributed by atoms with E-state index >= 15 is 0 Å². The maximum atomic E-state index is 12.6. The van der Waals surface area contributed by atoms with E-state index in [0.717, 1.165) is 16.8 Å². The summed E-state index contributed by atoms with van der Waals surface area (Å²) in [5, 5.41) is 10.7. The fourth-order valence-corrected chi connectivity index (χ4v) is 4.03. The summed E-state index contributed by atoms with van der Waals surface area (Å²) in [5.41, 5.74) is 3.10. The zero-order valence-corrected chi connectivity index (χ0v) is 19.8. The second kappa shape index (κ2) is 10.4. The van der Waals surface area contributed by atoms with Crippen LogP contribution in [0.15, 0.2) is 66.7 Å². The van der Waals surface area contributed by atoms with Crippen molar-refractivity contribution in [1.82, 2.24) is 0 Å². The fourth-order valence-electron chi connectivity index (χ4n) is 4.03. The lowest BCUT2D eigenvalue weighted by atomic mass is 10.1. The van der Waals surface area contributed by atoms with Crippen LogP contribution in [0.2, 0.25) is 0 Å². The van der Waals surface area contributed by atoms with Crippen LogP contribution in [0.3, 0.4) is 0 Å². The van der Waals surface area contributed by atoms with Gasteiger partial charge in [0.05, 0.1) is 10.8 Å². The van der Waals surface area contributed by atoms with Crippen LogP contribution < -0.4 is 9.64 Å². The summed E-state index contributed by atoms with van der Waals surface area (Å²) in [6.07, 6.45) is 0.0367. The number of anilines is 1. The number of esters is 1. The van der Waals surface area contributed by atoms with Crippen LogP contribution in [0, 0.1) is 29.9 Å². The molecule has 1 atom stereocenters. The smallest absolute Gasteiger partial charge is 0.311 e. The minimum absolute atomic E-state index is 0.0367. The van der Waals surface area contributed by atoms with Crippen molar-refractivity contribution >= 4 is 29.0 Å². The lowest BCUT2D eigenvalue weighted by Crippen LogP contribution is -2.27.